The monoisotopic (exact) mass is 126 g/mol. The van der Waals surface area contributed by atoms with E-state index in [4.69, 9.17) is 0 Å². The lowest BCUT2D eigenvalue weighted by molar-refractivity contribution is -0.114. The first-order valence-corrected chi connectivity index (χ1v) is 3.20. The van der Waals surface area contributed by atoms with Crippen LogP contribution >= 0.6 is 0 Å². The van der Waals surface area contributed by atoms with E-state index in [1.165, 1.54) is 0 Å². The van der Waals surface area contributed by atoms with Crippen LogP contribution in [-0.2, 0) is 4.79 Å². The number of hydrogen-bond acceptors (Lipinski definition) is 1. The Morgan fingerprint density at radius 2 is 2.00 bits per heavy atom. The van der Waals surface area contributed by atoms with Crippen molar-refractivity contribution >= 4 is 6.29 Å². The first kappa shape index (κ1) is 8.41. The standard InChI is InChI=1S/C8H14O/c1-4-5-6-8(2,3)7-9/h4-5,7H,6H2,1-3H3/b5-4+. The van der Waals surface area contributed by atoms with E-state index in [0.717, 1.165) is 12.7 Å². The Hall–Kier alpha value is -0.590. The van der Waals surface area contributed by atoms with E-state index in [1.807, 2.05) is 32.9 Å². The van der Waals surface area contributed by atoms with E-state index in [-0.39, 0.29) is 5.41 Å². The van der Waals surface area contributed by atoms with E-state index >= 15 is 0 Å². The molecule has 0 aliphatic carbocycles. The molecule has 0 saturated heterocycles. The average molecular weight is 126 g/mol. The van der Waals surface area contributed by atoms with Crippen molar-refractivity contribution < 1.29 is 4.79 Å². The van der Waals surface area contributed by atoms with Crippen LogP contribution < -0.4 is 0 Å². The highest BCUT2D eigenvalue weighted by atomic mass is 16.1. The summed E-state index contributed by atoms with van der Waals surface area (Å²) in [6, 6.07) is 0. The topological polar surface area (TPSA) is 17.1 Å². The quantitative estimate of drug-likeness (QED) is 0.418. The third kappa shape index (κ3) is 3.95. The van der Waals surface area contributed by atoms with Crippen molar-refractivity contribution in [2.75, 3.05) is 0 Å². The maximum absolute atomic E-state index is 10.3. The number of allylic oxidation sites excluding steroid dienone is 2. The van der Waals surface area contributed by atoms with Gasteiger partial charge < -0.3 is 4.79 Å². The van der Waals surface area contributed by atoms with Crippen LogP contribution in [0.2, 0.25) is 0 Å². The molecule has 0 aliphatic rings. The largest absolute Gasteiger partial charge is 0.303 e. The van der Waals surface area contributed by atoms with Crippen molar-refractivity contribution in [1.29, 1.82) is 0 Å². The third-order valence-corrected chi connectivity index (χ3v) is 1.20. The fraction of sp³-hybridized carbons (Fsp3) is 0.625. The van der Waals surface area contributed by atoms with Gasteiger partial charge in [0.2, 0.25) is 0 Å². The molecular weight excluding hydrogens is 112 g/mol. The Bertz CT molecular complexity index is 112. The van der Waals surface area contributed by atoms with Crippen molar-refractivity contribution in [3.63, 3.8) is 0 Å². The summed E-state index contributed by atoms with van der Waals surface area (Å²) in [6.07, 6.45) is 5.81. The van der Waals surface area contributed by atoms with Gasteiger partial charge in [-0.25, -0.2) is 0 Å². The fourth-order valence-corrected chi connectivity index (χ4v) is 0.470. The van der Waals surface area contributed by atoms with Gasteiger partial charge >= 0.3 is 0 Å². The molecule has 0 aromatic carbocycles. The predicted molar refractivity (Wildman–Crippen MR) is 39.3 cm³/mol. The normalized spacial score (nSPS) is 12.3. The first-order chi connectivity index (χ1) is 4.12. The molecule has 9 heavy (non-hydrogen) atoms. The molecular formula is C8H14O. The van der Waals surface area contributed by atoms with Crippen LogP contribution in [0.4, 0.5) is 0 Å². The molecule has 52 valence electrons. The minimum absolute atomic E-state index is 0.174. The lowest BCUT2D eigenvalue weighted by Crippen LogP contribution is -2.10. The second-order valence-corrected chi connectivity index (χ2v) is 2.88. The molecule has 1 heteroatoms. The number of rotatable bonds is 3. The van der Waals surface area contributed by atoms with Crippen LogP contribution in [0.1, 0.15) is 27.2 Å². The smallest absolute Gasteiger partial charge is 0.125 e. The highest BCUT2D eigenvalue weighted by molar-refractivity contribution is 5.58. The van der Waals surface area contributed by atoms with Crippen LogP contribution in [0, 0.1) is 5.41 Å². The Labute approximate surface area is 56.8 Å². The van der Waals surface area contributed by atoms with E-state index in [2.05, 4.69) is 0 Å². The summed E-state index contributed by atoms with van der Waals surface area (Å²) in [5.41, 5.74) is -0.174. The average Bonchev–Trinajstić information content (AvgIpc) is 1.84. The molecule has 1 nitrogen and oxygen atoms in total. The van der Waals surface area contributed by atoms with E-state index in [0.29, 0.717) is 0 Å². The molecule has 0 heterocycles. The maximum atomic E-state index is 10.3. The molecule has 0 spiro atoms. The van der Waals surface area contributed by atoms with Crippen LogP contribution in [0.5, 0.6) is 0 Å². The first-order valence-electron chi connectivity index (χ1n) is 3.20. The lowest BCUT2D eigenvalue weighted by atomic mass is 9.91. The third-order valence-electron chi connectivity index (χ3n) is 1.20. The number of carbonyl (C=O) groups excluding carboxylic acids is 1. The molecule has 0 aromatic rings. The van der Waals surface area contributed by atoms with Gasteiger partial charge in [-0.3, -0.25) is 0 Å². The highest BCUT2D eigenvalue weighted by Gasteiger charge is 2.12. The molecule has 0 aromatic heterocycles. The Morgan fingerprint density at radius 3 is 2.33 bits per heavy atom. The second-order valence-electron chi connectivity index (χ2n) is 2.88. The zero-order valence-electron chi connectivity index (χ0n) is 6.35. The van der Waals surface area contributed by atoms with Crippen molar-refractivity contribution in [2.45, 2.75) is 27.2 Å². The van der Waals surface area contributed by atoms with Gasteiger partial charge in [0.05, 0.1) is 0 Å². The van der Waals surface area contributed by atoms with Crippen LogP contribution in [0.3, 0.4) is 0 Å². The van der Waals surface area contributed by atoms with Crippen LogP contribution in [0.15, 0.2) is 12.2 Å². The molecule has 0 rings (SSSR count). The van der Waals surface area contributed by atoms with E-state index in [9.17, 15) is 4.79 Å². The molecule has 0 radical (unpaired) electrons. The molecule has 0 unspecified atom stereocenters. The van der Waals surface area contributed by atoms with Crippen LogP contribution in [0.25, 0.3) is 0 Å². The Balaban J connectivity index is 3.71. The van der Waals surface area contributed by atoms with E-state index < -0.39 is 0 Å². The molecule has 0 fully saturated rings. The molecule has 0 saturated carbocycles. The van der Waals surface area contributed by atoms with Crippen molar-refractivity contribution in [3.8, 4) is 0 Å². The number of hydrogen-bond donors (Lipinski definition) is 0. The zero-order valence-corrected chi connectivity index (χ0v) is 6.35. The van der Waals surface area contributed by atoms with Gasteiger partial charge in [0.1, 0.15) is 6.29 Å². The summed E-state index contributed by atoms with van der Waals surface area (Å²) >= 11 is 0. The molecule has 0 atom stereocenters. The van der Waals surface area contributed by atoms with Gasteiger partial charge in [0, 0.05) is 5.41 Å². The zero-order chi connectivity index (χ0) is 7.33. The van der Waals surface area contributed by atoms with Crippen LogP contribution in [-0.4, -0.2) is 6.29 Å². The lowest BCUT2D eigenvalue weighted by Gasteiger charge is -2.12. The Kier molecular flexibility index (Phi) is 3.21. The molecule has 0 bridgehead atoms. The summed E-state index contributed by atoms with van der Waals surface area (Å²) in [5, 5.41) is 0. The fourth-order valence-electron chi connectivity index (χ4n) is 0.470. The minimum Gasteiger partial charge on any atom is -0.303 e. The number of carbonyl (C=O) groups is 1. The van der Waals surface area contributed by atoms with Gasteiger partial charge in [-0.1, -0.05) is 26.0 Å². The number of aldehydes is 1. The second kappa shape index (κ2) is 3.44. The predicted octanol–water partition coefficient (Wildman–Crippen LogP) is 2.18. The summed E-state index contributed by atoms with van der Waals surface area (Å²) in [6.45, 7) is 5.82. The van der Waals surface area contributed by atoms with Gasteiger partial charge in [-0.15, -0.1) is 0 Å². The van der Waals surface area contributed by atoms with Crippen molar-refractivity contribution in [2.24, 2.45) is 5.41 Å². The summed E-state index contributed by atoms with van der Waals surface area (Å²) in [4.78, 5) is 10.3. The van der Waals surface area contributed by atoms with Gasteiger partial charge in [0.25, 0.3) is 0 Å². The highest BCUT2D eigenvalue weighted by Crippen LogP contribution is 2.16. The van der Waals surface area contributed by atoms with Gasteiger partial charge in [0.15, 0.2) is 0 Å². The maximum Gasteiger partial charge on any atom is 0.125 e. The Morgan fingerprint density at radius 1 is 1.44 bits per heavy atom. The van der Waals surface area contributed by atoms with Gasteiger partial charge in [-0.05, 0) is 13.3 Å². The molecule has 0 aliphatic heterocycles. The van der Waals surface area contributed by atoms with Crippen molar-refractivity contribution in [3.05, 3.63) is 12.2 Å². The summed E-state index contributed by atoms with van der Waals surface area (Å²) < 4.78 is 0. The van der Waals surface area contributed by atoms with Crippen molar-refractivity contribution in [1.82, 2.24) is 0 Å². The summed E-state index contributed by atoms with van der Waals surface area (Å²) in [7, 11) is 0. The minimum atomic E-state index is -0.174. The summed E-state index contributed by atoms with van der Waals surface area (Å²) in [5.74, 6) is 0. The van der Waals surface area contributed by atoms with E-state index in [1.54, 1.807) is 0 Å². The van der Waals surface area contributed by atoms with Gasteiger partial charge in [-0.2, -0.15) is 0 Å². The molecule has 0 amide bonds. The SMILES string of the molecule is C/C=C/CC(C)(C)C=O. The molecule has 0 N–H and O–H groups in total.